The smallest absolute Gasteiger partial charge is 0.166 e. The number of benzene rings is 1. The van der Waals surface area contributed by atoms with Crippen LogP contribution in [0.15, 0.2) is 18.2 Å². The first-order valence-corrected chi connectivity index (χ1v) is 6.45. The average molecular weight is 267 g/mol. The normalized spacial score (nSPS) is 12.9. The van der Waals surface area contributed by atoms with E-state index in [2.05, 4.69) is 33.4 Å². The van der Waals surface area contributed by atoms with Crippen molar-refractivity contribution in [2.45, 2.75) is 20.8 Å². The van der Waals surface area contributed by atoms with Crippen molar-refractivity contribution < 1.29 is 9.13 Å². The maximum atomic E-state index is 13.6. The summed E-state index contributed by atoms with van der Waals surface area (Å²) in [5.41, 5.74) is 0.353. The Kier molecular flexibility index (Phi) is 5.03. The van der Waals surface area contributed by atoms with E-state index in [1.165, 1.54) is 12.1 Å². The van der Waals surface area contributed by atoms with Crippen LogP contribution in [-0.2, 0) is 0 Å². The predicted octanol–water partition coefficient (Wildman–Crippen LogP) is 3.67. The van der Waals surface area contributed by atoms with Gasteiger partial charge in [-0.2, -0.15) is 17.9 Å². The Bertz CT molecular complexity index is 448. The van der Waals surface area contributed by atoms with Gasteiger partial charge in [-0.3, -0.25) is 0 Å². The lowest BCUT2D eigenvalue weighted by Gasteiger charge is -2.29. The lowest BCUT2D eigenvalue weighted by atomic mass is 9.82. The first kappa shape index (κ1) is 14.8. The number of hydrogen-bond donors (Lipinski definition) is 1. The summed E-state index contributed by atoms with van der Waals surface area (Å²) in [6.07, 6.45) is 0. The Balaban J connectivity index is 2.72. The molecule has 0 saturated carbocycles. The van der Waals surface area contributed by atoms with Crippen molar-refractivity contribution in [2.75, 3.05) is 12.4 Å². The second-order valence-electron chi connectivity index (χ2n) is 5.31. The van der Waals surface area contributed by atoms with Gasteiger partial charge in [-0.1, -0.05) is 20.8 Å². The molecule has 0 spiro atoms. The van der Waals surface area contributed by atoms with Crippen LogP contribution in [0.25, 0.3) is 0 Å². The molecule has 0 aliphatic carbocycles. The van der Waals surface area contributed by atoms with E-state index in [-0.39, 0.29) is 17.1 Å². The van der Waals surface area contributed by atoms with Gasteiger partial charge in [0.15, 0.2) is 11.6 Å². The molecule has 0 aliphatic heterocycles. The Morgan fingerprint density at radius 2 is 2.11 bits per heavy atom. The zero-order valence-corrected chi connectivity index (χ0v) is 11.8. The highest BCUT2D eigenvalue weighted by molar-refractivity contribution is 7.80. The molecule has 1 aromatic rings. The van der Waals surface area contributed by atoms with Crippen LogP contribution in [0.5, 0.6) is 5.75 Å². The van der Waals surface area contributed by atoms with Gasteiger partial charge in [-0.15, -0.1) is 0 Å². The molecule has 1 aromatic carbocycles. The van der Waals surface area contributed by atoms with Crippen molar-refractivity contribution in [1.29, 1.82) is 5.26 Å². The van der Waals surface area contributed by atoms with Gasteiger partial charge < -0.3 is 4.74 Å². The highest BCUT2D eigenvalue weighted by Gasteiger charge is 2.24. The van der Waals surface area contributed by atoms with E-state index in [9.17, 15) is 4.39 Å². The molecule has 0 fully saturated rings. The van der Waals surface area contributed by atoms with Gasteiger partial charge >= 0.3 is 0 Å². The Morgan fingerprint density at radius 1 is 1.44 bits per heavy atom. The maximum Gasteiger partial charge on any atom is 0.166 e. The molecule has 0 heterocycles. The zero-order chi connectivity index (χ0) is 13.8. The van der Waals surface area contributed by atoms with Crippen LogP contribution in [0.1, 0.15) is 26.3 Å². The van der Waals surface area contributed by atoms with Crippen LogP contribution < -0.4 is 4.74 Å². The molecule has 0 bridgehead atoms. The maximum absolute atomic E-state index is 13.6. The van der Waals surface area contributed by atoms with E-state index in [0.29, 0.717) is 17.9 Å². The van der Waals surface area contributed by atoms with Crippen LogP contribution in [0.3, 0.4) is 0 Å². The molecule has 98 valence electrons. The number of ether oxygens (including phenoxy) is 1. The molecule has 0 radical (unpaired) electrons. The summed E-state index contributed by atoms with van der Waals surface area (Å²) in [6.45, 7) is 6.72. The summed E-state index contributed by atoms with van der Waals surface area (Å²) in [5.74, 6) is 0.600. The Labute approximate surface area is 113 Å². The quantitative estimate of drug-likeness (QED) is 0.844. The first-order chi connectivity index (χ1) is 8.38. The predicted molar refractivity (Wildman–Crippen MR) is 73.4 cm³/mol. The summed E-state index contributed by atoms with van der Waals surface area (Å²) in [5, 5.41) is 8.65. The first-order valence-electron chi connectivity index (χ1n) is 5.81. The number of hydrogen-bond acceptors (Lipinski definition) is 3. The third-order valence-electron chi connectivity index (χ3n) is 2.95. The van der Waals surface area contributed by atoms with Crippen LogP contribution >= 0.6 is 12.6 Å². The summed E-state index contributed by atoms with van der Waals surface area (Å²) >= 11 is 4.30. The molecule has 0 N–H and O–H groups in total. The highest BCUT2D eigenvalue weighted by Crippen LogP contribution is 2.28. The minimum absolute atomic E-state index is 0.0603. The van der Waals surface area contributed by atoms with Gasteiger partial charge in [-0.05, 0) is 29.4 Å². The van der Waals surface area contributed by atoms with Crippen LogP contribution in [0, 0.1) is 28.5 Å². The topological polar surface area (TPSA) is 33.0 Å². The van der Waals surface area contributed by atoms with Crippen molar-refractivity contribution in [3.8, 4) is 11.8 Å². The second kappa shape index (κ2) is 6.10. The largest absolute Gasteiger partial charge is 0.490 e. The van der Waals surface area contributed by atoms with Gasteiger partial charge in [0.05, 0.1) is 18.2 Å². The number of halogens is 1. The molecule has 1 unspecified atom stereocenters. The third-order valence-corrected chi connectivity index (χ3v) is 3.39. The highest BCUT2D eigenvalue weighted by atomic mass is 32.1. The van der Waals surface area contributed by atoms with Crippen molar-refractivity contribution in [1.82, 2.24) is 0 Å². The molecule has 1 atom stereocenters. The van der Waals surface area contributed by atoms with Gasteiger partial charge in [0, 0.05) is 5.92 Å². The molecule has 0 aliphatic rings. The van der Waals surface area contributed by atoms with Crippen molar-refractivity contribution in [2.24, 2.45) is 11.3 Å². The fraction of sp³-hybridized carbons (Fsp3) is 0.500. The van der Waals surface area contributed by atoms with Crippen LogP contribution in [0.4, 0.5) is 4.39 Å². The van der Waals surface area contributed by atoms with Crippen molar-refractivity contribution in [3.63, 3.8) is 0 Å². The second-order valence-corrected chi connectivity index (χ2v) is 5.68. The minimum Gasteiger partial charge on any atom is -0.490 e. The number of nitrogens with zero attached hydrogens (tertiary/aromatic N) is 1. The summed E-state index contributed by atoms with van der Waals surface area (Å²) in [7, 11) is 0. The van der Waals surface area contributed by atoms with Gasteiger partial charge in [0.1, 0.15) is 0 Å². The van der Waals surface area contributed by atoms with Crippen LogP contribution in [-0.4, -0.2) is 12.4 Å². The van der Waals surface area contributed by atoms with E-state index in [1.807, 2.05) is 6.07 Å². The molecule has 0 amide bonds. The summed E-state index contributed by atoms with van der Waals surface area (Å²) in [4.78, 5) is 0. The van der Waals surface area contributed by atoms with Gasteiger partial charge in [-0.25, -0.2) is 4.39 Å². The molecule has 4 heteroatoms. The average Bonchev–Trinajstić information content (AvgIpc) is 2.29. The number of rotatable bonds is 4. The van der Waals surface area contributed by atoms with Gasteiger partial charge in [0.2, 0.25) is 0 Å². The molecule has 18 heavy (non-hydrogen) atoms. The molecule has 1 rings (SSSR count). The lowest BCUT2D eigenvalue weighted by molar-refractivity contribution is 0.161. The van der Waals surface area contributed by atoms with Crippen molar-refractivity contribution >= 4 is 12.6 Å². The Morgan fingerprint density at radius 3 is 2.56 bits per heavy atom. The summed E-state index contributed by atoms with van der Waals surface area (Å²) in [6, 6.07) is 6.11. The number of thiol groups is 1. The lowest BCUT2D eigenvalue weighted by Crippen LogP contribution is -2.28. The minimum atomic E-state index is -0.499. The van der Waals surface area contributed by atoms with E-state index < -0.39 is 5.82 Å². The molecule has 2 nitrogen and oxygen atoms in total. The fourth-order valence-corrected chi connectivity index (χ4v) is 2.11. The van der Waals surface area contributed by atoms with Crippen LogP contribution in [0.2, 0.25) is 0 Å². The third kappa shape index (κ3) is 3.92. The van der Waals surface area contributed by atoms with Crippen molar-refractivity contribution in [3.05, 3.63) is 29.6 Å². The Hall–Kier alpha value is -1.21. The zero-order valence-electron chi connectivity index (χ0n) is 10.9. The standard InChI is InChI=1S/C14H18FNOS/c1-14(2,3)11(9-18)8-17-13-5-4-10(7-16)6-12(13)15/h4-6,11,18H,8-9H2,1-3H3. The van der Waals surface area contributed by atoms with E-state index in [4.69, 9.17) is 10.00 Å². The SMILES string of the molecule is CC(C)(C)C(CS)COc1ccc(C#N)cc1F. The monoisotopic (exact) mass is 267 g/mol. The molecular weight excluding hydrogens is 249 g/mol. The van der Waals surface area contributed by atoms with E-state index in [1.54, 1.807) is 6.07 Å². The number of nitriles is 1. The van der Waals surface area contributed by atoms with E-state index >= 15 is 0 Å². The summed E-state index contributed by atoms with van der Waals surface area (Å²) < 4.78 is 19.1. The molecule has 0 aromatic heterocycles. The van der Waals surface area contributed by atoms with Gasteiger partial charge in [0.25, 0.3) is 0 Å². The molecule has 0 saturated heterocycles. The fourth-order valence-electron chi connectivity index (χ4n) is 1.45. The molecular formula is C14H18FNOS. The van der Waals surface area contributed by atoms with E-state index in [0.717, 1.165) is 0 Å².